The van der Waals surface area contributed by atoms with Crippen LogP contribution in [0.3, 0.4) is 0 Å². The number of imide groups is 2. The fraction of sp³-hybridized carbons (Fsp3) is 0.400. The number of benzene rings is 3. The highest BCUT2D eigenvalue weighted by molar-refractivity contribution is 6.37. The Morgan fingerprint density at radius 1 is 0.905 bits per heavy atom. The molecule has 0 radical (unpaired) electrons. The molecule has 1 atom stereocenters. The van der Waals surface area contributed by atoms with Crippen molar-refractivity contribution < 1.29 is 38.2 Å². The molecule has 3 aliphatic rings. The number of carbonyl (C=O) groups is 5. The van der Waals surface area contributed by atoms with E-state index in [1.165, 1.54) is 13.3 Å². The summed E-state index contributed by atoms with van der Waals surface area (Å²) >= 11 is 12.7. The van der Waals surface area contributed by atoms with Crippen molar-refractivity contribution in [3.8, 4) is 23.3 Å². The number of fused-ring (bicyclic) bond motifs is 2. The molecule has 0 spiro atoms. The highest BCUT2D eigenvalue weighted by Gasteiger charge is 2.45. The quantitative estimate of drug-likeness (QED) is 0.0719. The molecule has 0 bridgehead atoms. The minimum Gasteiger partial charge on any atom is -0.495 e. The van der Waals surface area contributed by atoms with E-state index in [0.717, 1.165) is 56.6 Å². The topological polar surface area (TPSA) is 196 Å². The van der Waals surface area contributed by atoms with Gasteiger partial charge >= 0.3 is 0 Å². The third-order valence-electron chi connectivity index (χ3n) is 11.5. The Morgan fingerprint density at radius 2 is 1.68 bits per heavy atom. The molecule has 2 saturated heterocycles. The molecule has 5 amide bonds. The van der Waals surface area contributed by atoms with E-state index in [0.29, 0.717) is 93.5 Å². The predicted octanol–water partition coefficient (Wildman–Crippen LogP) is 6.55. The van der Waals surface area contributed by atoms with Gasteiger partial charge in [-0.05, 0) is 49.9 Å². The highest BCUT2D eigenvalue weighted by Crippen LogP contribution is 2.41. The van der Waals surface area contributed by atoms with Crippen LogP contribution >= 0.6 is 23.2 Å². The lowest BCUT2D eigenvalue weighted by Crippen LogP contribution is -2.54. The lowest BCUT2D eigenvalue weighted by molar-refractivity contribution is -0.136. The molecule has 18 heteroatoms. The number of hydrogen-bond acceptors (Lipinski definition) is 13. The van der Waals surface area contributed by atoms with Gasteiger partial charge in [-0.3, -0.25) is 44.1 Å². The first-order valence-corrected chi connectivity index (χ1v) is 21.7. The Balaban J connectivity index is 0.806. The number of methoxy groups -OCH3 is 2. The van der Waals surface area contributed by atoms with Gasteiger partial charge in [0.25, 0.3) is 11.8 Å². The summed E-state index contributed by atoms with van der Waals surface area (Å²) in [5.74, 6) is -0.524. The number of ether oxygens (including phenoxy) is 3. The molecule has 3 aliphatic heterocycles. The van der Waals surface area contributed by atoms with Gasteiger partial charge < -0.3 is 29.7 Å². The van der Waals surface area contributed by atoms with Gasteiger partial charge in [-0.2, -0.15) is 5.26 Å². The van der Waals surface area contributed by atoms with Crippen LogP contribution < -0.4 is 30.2 Å². The molecule has 330 valence electrons. The van der Waals surface area contributed by atoms with Crippen LogP contribution in [0.4, 0.5) is 17.1 Å². The van der Waals surface area contributed by atoms with E-state index in [2.05, 4.69) is 31.9 Å². The van der Waals surface area contributed by atoms with Crippen molar-refractivity contribution in [3.05, 3.63) is 75.4 Å². The normalized spacial score (nSPS) is 16.5. The second-order valence-electron chi connectivity index (χ2n) is 15.5. The van der Waals surface area contributed by atoms with E-state index in [4.69, 9.17) is 37.4 Å². The third-order valence-corrected chi connectivity index (χ3v) is 12.1. The number of piperidine rings is 1. The number of aromatic nitrogens is 1. The van der Waals surface area contributed by atoms with Crippen molar-refractivity contribution >= 4 is 80.7 Å². The molecular weight excluding hydrogens is 851 g/mol. The van der Waals surface area contributed by atoms with Gasteiger partial charge in [-0.25, -0.2) is 0 Å². The van der Waals surface area contributed by atoms with Gasteiger partial charge in [-0.1, -0.05) is 42.1 Å². The Morgan fingerprint density at radius 3 is 2.43 bits per heavy atom. The van der Waals surface area contributed by atoms with E-state index < -0.39 is 29.7 Å². The van der Waals surface area contributed by atoms with Crippen LogP contribution in [0, 0.1) is 11.3 Å². The average Bonchev–Trinajstić information content (AvgIpc) is 3.54. The van der Waals surface area contributed by atoms with Gasteiger partial charge in [-0.15, -0.1) is 0 Å². The molecule has 63 heavy (non-hydrogen) atoms. The summed E-state index contributed by atoms with van der Waals surface area (Å²) in [7, 11) is 3.06. The maximum Gasteiger partial charge on any atom is 0.264 e. The van der Waals surface area contributed by atoms with E-state index in [-0.39, 0.29) is 29.9 Å². The van der Waals surface area contributed by atoms with Crippen LogP contribution in [0.2, 0.25) is 10.0 Å². The number of nitrogens with one attached hydrogen (secondary N) is 3. The Labute approximate surface area is 374 Å². The fourth-order valence-corrected chi connectivity index (χ4v) is 8.60. The number of amides is 5. The van der Waals surface area contributed by atoms with E-state index >= 15 is 0 Å². The number of nitrogens with zero attached hydrogens (tertiary/aromatic N) is 5. The third kappa shape index (κ3) is 10.1. The fourth-order valence-electron chi connectivity index (χ4n) is 8.10. The molecule has 4 aromatic rings. The summed E-state index contributed by atoms with van der Waals surface area (Å²) in [5, 5.41) is 20.0. The minimum atomic E-state index is -1.01. The predicted molar refractivity (Wildman–Crippen MR) is 237 cm³/mol. The highest BCUT2D eigenvalue weighted by atomic mass is 35.5. The molecule has 3 aromatic carbocycles. The smallest absolute Gasteiger partial charge is 0.264 e. The number of halogens is 2. The number of piperazine rings is 1. The van der Waals surface area contributed by atoms with Crippen LogP contribution in [-0.4, -0.2) is 115 Å². The van der Waals surface area contributed by atoms with Gasteiger partial charge in [0.05, 0.1) is 64.5 Å². The van der Waals surface area contributed by atoms with Crippen LogP contribution in [0.1, 0.15) is 77.6 Å². The zero-order valence-corrected chi connectivity index (χ0v) is 36.6. The summed E-state index contributed by atoms with van der Waals surface area (Å²) < 4.78 is 17.2. The Kier molecular flexibility index (Phi) is 14.5. The average molecular weight is 900 g/mol. The van der Waals surface area contributed by atoms with Crippen LogP contribution in [-0.2, 0) is 14.4 Å². The monoisotopic (exact) mass is 898 g/mol. The van der Waals surface area contributed by atoms with Crippen LogP contribution in [0.15, 0.2) is 48.7 Å². The molecule has 2 fully saturated rings. The number of pyridine rings is 1. The Hall–Kier alpha value is -6.15. The molecule has 16 nitrogen and oxygen atoms in total. The van der Waals surface area contributed by atoms with Crippen LogP contribution in [0.25, 0.3) is 10.9 Å². The van der Waals surface area contributed by atoms with Crippen molar-refractivity contribution in [2.75, 3.05) is 70.7 Å². The van der Waals surface area contributed by atoms with Gasteiger partial charge in [0.1, 0.15) is 17.9 Å². The number of anilines is 3. The maximum absolute atomic E-state index is 13.3. The molecule has 1 aromatic heterocycles. The first-order chi connectivity index (χ1) is 30.5. The number of hydrogen-bond donors (Lipinski definition) is 3. The summed E-state index contributed by atoms with van der Waals surface area (Å²) in [6.07, 6.45) is 6.26. The largest absolute Gasteiger partial charge is 0.495 e. The zero-order valence-electron chi connectivity index (χ0n) is 35.1. The van der Waals surface area contributed by atoms with E-state index in [1.807, 2.05) is 4.90 Å². The molecular formula is C45H48Cl2N8O8. The second kappa shape index (κ2) is 20.4. The summed E-state index contributed by atoms with van der Waals surface area (Å²) in [4.78, 5) is 73.2. The SMILES string of the molecule is COc1cc(Nc2c(C#N)cnc3cc(OCCCN4CCN(C(=O)CCCCCCNc5cccc6c5C(=O)N(C5CCC(=O)NC5=O)C6=O)CC4)c(OC)cc23)c(Cl)cc1Cl. The van der Waals surface area contributed by atoms with Crippen molar-refractivity contribution in [1.82, 2.24) is 25.0 Å². The van der Waals surface area contributed by atoms with Gasteiger partial charge in [0.2, 0.25) is 17.7 Å². The molecule has 0 aliphatic carbocycles. The van der Waals surface area contributed by atoms with E-state index in [9.17, 15) is 29.2 Å². The second-order valence-corrected chi connectivity index (χ2v) is 16.3. The molecule has 1 unspecified atom stereocenters. The van der Waals surface area contributed by atoms with Crippen LogP contribution in [0.5, 0.6) is 17.2 Å². The van der Waals surface area contributed by atoms with Gasteiger partial charge in [0.15, 0.2) is 11.5 Å². The van der Waals surface area contributed by atoms with Crippen molar-refractivity contribution in [2.45, 2.75) is 57.4 Å². The standard InChI is InChI=1S/C45H48Cl2N8O8/c1-61-36-24-34(30(46)22-31(36)47)51-42-27(25-48)26-50-33-23-38(37(62-2)21-29(33)42)63-20-8-15-53-16-18-54(19-17-53)40(57)11-5-3-4-6-14-49-32-10-7-9-28-41(32)45(60)55(44(28)59)35-12-13-39(56)52-43(35)58/h7,9-10,21-24,26,35,49H,3-6,8,11-20H2,1-2H3,(H,50,51)(H,52,56,58). The van der Waals surface area contributed by atoms with Crippen molar-refractivity contribution in [2.24, 2.45) is 0 Å². The van der Waals surface area contributed by atoms with Crippen molar-refractivity contribution in [1.29, 1.82) is 5.26 Å². The first kappa shape index (κ1) is 44.9. The lowest BCUT2D eigenvalue weighted by atomic mass is 10.0. The summed E-state index contributed by atoms with van der Waals surface area (Å²) in [5.41, 5.74) is 2.93. The maximum atomic E-state index is 13.3. The van der Waals surface area contributed by atoms with Crippen molar-refractivity contribution in [3.63, 3.8) is 0 Å². The molecule has 7 rings (SSSR count). The number of nitriles is 1. The summed E-state index contributed by atoms with van der Waals surface area (Å²) in [6, 6.07) is 13.0. The molecule has 3 N–H and O–H groups in total. The van der Waals surface area contributed by atoms with Gasteiger partial charge in [0, 0.05) is 81.5 Å². The first-order valence-electron chi connectivity index (χ1n) is 20.9. The molecule has 4 heterocycles. The molecule has 0 saturated carbocycles. The number of unbranched alkanes of at least 4 members (excludes halogenated alkanes) is 3. The van der Waals surface area contributed by atoms with E-state index in [1.54, 1.807) is 49.6 Å². The lowest BCUT2D eigenvalue weighted by Gasteiger charge is -2.34. The summed E-state index contributed by atoms with van der Waals surface area (Å²) in [6.45, 7) is 4.73. The number of rotatable bonds is 18. The number of carbonyl (C=O) groups excluding carboxylic acids is 5. The zero-order chi connectivity index (χ0) is 44.6. The Bertz CT molecular complexity index is 2470. The minimum absolute atomic E-state index is 0.0656.